The number of aryl methyl sites for hydroxylation is 1. The van der Waals surface area contributed by atoms with Crippen LogP contribution in [0, 0.1) is 0 Å². The summed E-state index contributed by atoms with van der Waals surface area (Å²) in [6, 6.07) is 1.05. The smallest absolute Gasteiger partial charge is 0.109 e. The van der Waals surface area contributed by atoms with Crippen LogP contribution in [-0.2, 0) is 6.42 Å². The van der Waals surface area contributed by atoms with Gasteiger partial charge in [0.15, 0.2) is 0 Å². The van der Waals surface area contributed by atoms with Crippen LogP contribution in [0.5, 0.6) is 0 Å². The van der Waals surface area contributed by atoms with Crippen molar-refractivity contribution in [2.24, 2.45) is 0 Å². The Morgan fingerprint density at radius 3 is 2.95 bits per heavy atom. The molecule has 2 heterocycles. The van der Waals surface area contributed by atoms with Crippen molar-refractivity contribution in [2.45, 2.75) is 65.0 Å². The number of aromatic nitrogens is 1. The first-order valence-electron chi connectivity index (χ1n) is 8.16. The molecule has 1 aromatic rings. The van der Waals surface area contributed by atoms with Crippen molar-refractivity contribution in [2.75, 3.05) is 19.6 Å². The molecule has 2 rings (SSSR count). The second-order valence-corrected chi connectivity index (χ2v) is 7.02. The van der Waals surface area contributed by atoms with Crippen molar-refractivity contribution in [3.63, 3.8) is 0 Å². The van der Waals surface area contributed by atoms with E-state index >= 15 is 0 Å². The van der Waals surface area contributed by atoms with Gasteiger partial charge in [-0.25, -0.2) is 4.98 Å². The summed E-state index contributed by atoms with van der Waals surface area (Å²) in [5.41, 5.74) is 0. The van der Waals surface area contributed by atoms with Gasteiger partial charge in [-0.15, -0.1) is 11.3 Å². The number of nitrogens with one attached hydrogen (secondary N) is 1. The molecular weight excluding hydrogens is 266 g/mol. The summed E-state index contributed by atoms with van der Waals surface area (Å²) in [5, 5.41) is 5.04. The molecule has 1 aliphatic rings. The van der Waals surface area contributed by atoms with E-state index in [2.05, 4.69) is 36.0 Å². The molecule has 1 aliphatic heterocycles. The SMILES string of the molecule is CCCN1CCCC(NC(C)c2ncc(CC)s2)CC1. The van der Waals surface area contributed by atoms with Gasteiger partial charge in [0.2, 0.25) is 0 Å². The molecule has 0 aromatic carbocycles. The third kappa shape index (κ3) is 4.54. The summed E-state index contributed by atoms with van der Waals surface area (Å²) in [7, 11) is 0. The molecule has 2 atom stereocenters. The Kier molecular flexibility index (Phi) is 6.46. The van der Waals surface area contributed by atoms with Crippen molar-refractivity contribution in [3.05, 3.63) is 16.1 Å². The lowest BCUT2D eigenvalue weighted by Gasteiger charge is -2.21. The molecule has 0 radical (unpaired) electrons. The minimum absolute atomic E-state index is 0.392. The molecule has 1 N–H and O–H groups in total. The fourth-order valence-corrected chi connectivity index (χ4v) is 3.84. The maximum absolute atomic E-state index is 4.57. The first-order valence-corrected chi connectivity index (χ1v) is 8.97. The highest BCUT2D eigenvalue weighted by molar-refractivity contribution is 7.11. The number of hydrogen-bond acceptors (Lipinski definition) is 4. The Bertz CT molecular complexity index is 391. The Balaban J connectivity index is 1.83. The van der Waals surface area contributed by atoms with E-state index in [1.807, 2.05) is 17.5 Å². The standard InChI is InChI=1S/C16H29N3S/c1-4-9-19-10-6-7-14(8-11-19)18-13(3)16-17-12-15(5-2)20-16/h12-14,18H,4-11H2,1-3H3. The van der Waals surface area contributed by atoms with Crippen molar-refractivity contribution < 1.29 is 0 Å². The number of thiazole rings is 1. The Labute approximate surface area is 127 Å². The first-order chi connectivity index (χ1) is 9.72. The van der Waals surface area contributed by atoms with Gasteiger partial charge < -0.3 is 10.2 Å². The van der Waals surface area contributed by atoms with Gasteiger partial charge in [0.25, 0.3) is 0 Å². The minimum atomic E-state index is 0.392. The lowest BCUT2D eigenvalue weighted by molar-refractivity contribution is 0.281. The van der Waals surface area contributed by atoms with Gasteiger partial charge in [0, 0.05) is 17.1 Å². The third-order valence-electron chi connectivity index (χ3n) is 4.14. The summed E-state index contributed by atoms with van der Waals surface area (Å²) >= 11 is 1.86. The molecule has 0 spiro atoms. The third-order valence-corrected chi connectivity index (χ3v) is 5.46. The highest BCUT2D eigenvalue weighted by atomic mass is 32.1. The Morgan fingerprint density at radius 1 is 1.40 bits per heavy atom. The number of rotatable bonds is 6. The van der Waals surface area contributed by atoms with Crippen LogP contribution in [0.1, 0.15) is 62.4 Å². The lowest BCUT2D eigenvalue weighted by Crippen LogP contribution is -2.33. The summed E-state index contributed by atoms with van der Waals surface area (Å²) in [6.07, 6.45) is 8.30. The molecule has 0 aliphatic carbocycles. The maximum atomic E-state index is 4.57. The van der Waals surface area contributed by atoms with E-state index in [-0.39, 0.29) is 0 Å². The van der Waals surface area contributed by atoms with Gasteiger partial charge in [-0.05, 0) is 58.7 Å². The summed E-state index contributed by atoms with van der Waals surface area (Å²) < 4.78 is 0. The monoisotopic (exact) mass is 295 g/mol. The van der Waals surface area contributed by atoms with Crippen molar-refractivity contribution in [1.29, 1.82) is 0 Å². The zero-order valence-corrected chi connectivity index (χ0v) is 14.0. The van der Waals surface area contributed by atoms with Gasteiger partial charge in [-0.1, -0.05) is 13.8 Å². The Morgan fingerprint density at radius 2 is 2.25 bits per heavy atom. The molecule has 1 aromatic heterocycles. The highest BCUT2D eigenvalue weighted by Gasteiger charge is 2.19. The molecule has 3 nitrogen and oxygen atoms in total. The van der Waals surface area contributed by atoms with Crippen LogP contribution in [-0.4, -0.2) is 35.6 Å². The zero-order valence-electron chi connectivity index (χ0n) is 13.2. The van der Waals surface area contributed by atoms with Crippen molar-refractivity contribution in [1.82, 2.24) is 15.2 Å². The predicted octanol–water partition coefficient (Wildman–Crippen LogP) is 3.62. The summed E-state index contributed by atoms with van der Waals surface area (Å²) in [4.78, 5) is 8.57. The number of hydrogen-bond donors (Lipinski definition) is 1. The zero-order chi connectivity index (χ0) is 14.4. The van der Waals surface area contributed by atoms with Crippen LogP contribution < -0.4 is 5.32 Å². The van der Waals surface area contributed by atoms with Crippen LogP contribution >= 0.6 is 11.3 Å². The average Bonchev–Trinajstić information content (AvgIpc) is 2.83. The quantitative estimate of drug-likeness (QED) is 0.869. The second kappa shape index (κ2) is 8.11. The largest absolute Gasteiger partial charge is 0.305 e. The van der Waals surface area contributed by atoms with E-state index < -0.39 is 0 Å². The van der Waals surface area contributed by atoms with Crippen LogP contribution in [0.4, 0.5) is 0 Å². The Hall–Kier alpha value is -0.450. The van der Waals surface area contributed by atoms with Crippen LogP contribution in [0.15, 0.2) is 6.20 Å². The topological polar surface area (TPSA) is 28.2 Å². The van der Waals surface area contributed by atoms with E-state index in [1.54, 1.807) is 0 Å². The second-order valence-electron chi connectivity index (χ2n) is 5.88. The molecule has 0 amide bonds. The minimum Gasteiger partial charge on any atom is -0.305 e. The fourth-order valence-electron chi connectivity index (χ4n) is 2.97. The average molecular weight is 295 g/mol. The van der Waals surface area contributed by atoms with Gasteiger partial charge in [-0.2, -0.15) is 0 Å². The number of nitrogens with zero attached hydrogens (tertiary/aromatic N) is 2. The maximum Gasteiger partial charge on any atom is 0.109 e. The van der Waals surface area contributed by atoms with Crippen LogP contribution in [0.2, 0.25) is 0 Å². The van der Waals surface area contributed by atoms with E-state index in [0.29, 0.717) is 12.1 Å². The van der Waals surface area contributed by atoms with Gasteiger partial charge in [0.05, 0.1) is 6.04 Å². The van der Waals surface area contributed by atoms with E-state index in [0.717, 1.165) is 6.42 Å². The summed E-state index contributed by atoms with van der Waals surface area (Å²) in [5.74, 6) is 0. The lowest BCUT2D eigenvalue weighted by atomic mass is 10.1. The molecule has 1 saturated heterocycles. The molecule has 0 bridgehead atoms. The van der Waals surface area contributed by atoms with E-state index in [9.17, 15) is 0 Å². The van der Waals surface area contributed by atoms with Gasteiger partial charge >= 0.3 is 0 Å². The van der Waals surface area contributed by atoms with E-state index in [1.165, 1.54) is 55.2 Å². The van der Waals surface area contributed by atoms with E-state index in [4.69, 9.17) is 0 Å². The fraction of sp³-hybridized carbons (Fsp3) is 0.812. The molecule has 2 unspecified atom stereocenters. The normalized spacial score (nSPS) is 22.6. The molecule has 0 saturated carbocycles. The predicted molar refractivity (Wildman–Crippen MR) is 87.4 cm³/mol. The molecule has 114 valence electrons. The van der Waals surface area contributed by atoms with Crippen LogP contribution in [0.25, 0.3) is 0 Å². The molecule has 4 heteroatoms. The van der Waals surface area contributed by atoms with Crippen LogP contribution in [0.3, 0.4) is 0 Å². The molecule has 1 fully saturated rings. The van der Waals surface area contributed by atoms with Gasteiger partial charge in [0.1, 0.15) is 5.01 Å². The number of likely N-dealkylation sites (tertiary alicyclic amines) is 1. The van der Waals surface area contributed by atoms with Crippen molar-refractivity contribution >= 4 is 11.3 Å². The molecule has 20 heavy (non-hydrogen) atoms. The summed E-state index contributed by atoms with van der Waals surface area (Å²) in [6.45, 7) is 10.5. The van der Waals surface area contributed by atoms with Crippen molar-refractivity contribution in [3.8, 4) is 0 Å². The van der Waals surface area contributed by atoms with Gasteiger partial charge in [-0.3, -0.25) is 0 Å². The molecular formula is C16H29N3S. The first kappa shape index (κ1) is 15.9. The highest BCUT2D eigenvalue weighted by Crippen LogP contribution is 2.22.